The molecule has 0 aliphatic carbocycles. The van der Waals surface area contributed by atoms with Crippen molar-refractivity contribution in [3.8, 4) is 0 Å². The van der Waals surface area contributed by atoms with Crippen LogP contribution in [0.5, 0.6) is 0 Å². The van der Waals surface area contributed by atoms with E-state index in [1.807, 2.05) is 5.01 Å². The van der Waals surface area contributed by atoms with Crippen LogP contribution in [0.15, 0.2) is 6.33 Å². The molecule has 7 heteroatoms. The Kier molecular flexibility index (Phi) is 3.35. The number of rotatable bonds is 3. The van der Waals surface area contributed by atoms with E-state index in [1.54, 1.807) is 0 Å². The fraction of sp³-hybridized carbons (Fsp3) is 0.667. The highest BCUT2D eigenvalue weighted by atomic mass is 16.2. The van der Waals surface area contributed by atoms with Crippen LogP contribution in [0.3, 0.4) is 0 Å². The maximum absolute atomic E-state index is 11.6. The lowest BCUT2D eigenvalue weighted by molar-refractivity contribution is -0.127. The van der Waals surface area contributed by atoms with Crippen LogP contribution in [-0.4, -0.2) is 38.8 Å². The summed E-state index contributed by atoms with van der Waals surface area (Å²) in [6.07, 6.45) is 4.96. The van der Waals surface area contributed by atoms with Gasteiger partial charge in [0.05, 0.1) is 0 Å². The normalized spacial score (nSPS) is 17.2. The molecule has 16 heavy (non-hydrogen) atoms. The minimum Gasteiger partial charge on any atom is -0.367 e. The first-order valence-electron chi connectivity index (χ1n) is 5.43. The number of hydrogen-bond acceptors (Lipinski definition) is 5. The summed E-state index contributed by atoms with van der Waals surface area (Å²) in [6.45, 7) is 2.00. The van der Waals surface area contributed by atoms with Gasteiger partial charge in [-0.3, -0.25) is 10.2 Å². The van der Waals surface area contributed by atoms with Gasteiger partial charge in [0, 0.05) is 13.1 Å². The molecule has 0 bridgehead atoms. The number of hydrogen-bond donors (Lipinski definition) is 2. The number of amides is 1. The first kappa shape index (κ1) is 10.9. The molecule has 7 nitrogen and oxygen atoms in total. The molecule has 1 saturated heterocycles. The summed E-state index contributed by atoms with van der Waals surface area (Å²) in [5.74, 6) is 0.0950. The summed E-state index contributed by atoms with van der Waals surface area (Å²) < 4.78 is 1.43. The monoisotopic (exact) mass is 224 g/mol. The van der Waals surface area contributed by atoms with Crippen LogP contribution in [0, 0.1) is 0 Å². The molecule has 0 atom stereocenters. The molecule has 1 fully saturated rings. The number of carbonyl (C=O) groups excluding carboxylic acids is 1. The van der Waals surface area contributed by atoms with Gasteiger partial charge in [0.15, 0.2) is 0 Å². The molecule has 88 valence electrons. The molecule has 1 aromatic heterocycles. The number of nitrogens with two attached hydrogens (primary N) is 1. The number of anilines is 1. The van der Waals surface area contributed by atoms with Crippen LogP contribution in [0.4, 0.5) is 5.95 Å². The third-order valence-corrected chi connectivity index (χ3v) is 2.50. The maximum Gasteiger partial charge on any atom is 0.256 e. The van der Waals surface area contributed by atoms with Gasteiger partial charge in [-0.05, 0) is 12.8 Å². The van der Waals surface area contributed by atoms with Crippen molar-refractivity contribution in [2.24, 2.45) is 0 Å². The predicted octanol–water partition coefficient (Wildman–Crippen LogP) is -0.623. The average Bonchev–Trinajstić information content (AvgIpc) is 2.65. The topological polar surface area (TPSA) is 89.1 Å². The van der Waals surface area contributed by atoms with Crippen molar-refractivity contribution >= 4 is 11.9 Å². The largest absolute Gasteiger partial charge is 0.367 e. The highest BCUT2D eigenvalue weighted by molar-refractivity contribution is 5.75. The Morgan fingerprint density at radius 2 is 2.19 bits per heavy atom. The van der Waals surface area contributed by atoms with Crippen LogP contribution < -0.4 is 11.2 Å². The van der Waals surface area contributed by atoms with E-state index in [1.165, 1.54) is 17.4 Å². The van der Waals surface area contributed by atoms with Gasteiger partial charge in [0.25, 0.3) is 5.91 Å². The van der Waals surface area contributed by atoms with Gasteiger partial charge in [-0.25, -0.2) is 14.7 Å². The van der Waals surface area contributed by atoms with Crippen molar-refractivity contribution in [3.63, 3.8) is 0 Å². The molecule has 1 aliphatic heterocycles. The van der Waals surface area contributed by atoms with Crippen LogP contribution in [-0.2, 0) is 11.3 Å². The number of nitrogens with zero attached hydrogens (tertiary/aromatic N) is 4. The van der Waals surface area contributed by atoms with Gasteiger partial charge >= 0.3 is 0 Å². The van der Waals surface area contributed by atoms with Crippen LogP contribution >= 0.6 is 0 Å². The zero-order valence-electron chi connectivity index (χ0n) is 9.09. The molecule has 1 aliphatic rings. The molecule has 1 aromatic rings. The average molecular weight is 224 g/mol. The van der Waals surface area contributed by atoms with Crippen LogP contribution in [0.25, 0.3) is 0 Å². The SMILES string of the molecule is Nc1ncn(CC(=O)NN2CCCCC2)n1. The second kappa shape index (κ2) is 4.93. The maximum atomic E-state index is 11.6. The van der Waals surface area contributed by atoms with Crippen molar-refractivity contribution in [1.29, 1.82) is 0 Å². The molecular weight excluding hydrogens is 208 g/mol. The van der Waals surface area contributed by atoms with E-state index in [4.69, 9.17) is 5.73 Å². The fourth-order valence-electron chi connectivity index (χ4n) is 1.75. The molecular formula is C9H16N6O. The first-order valence-corrected chi connectivity index (χ1v) is 5.43. The number of carbonyl (C=O) groups is 1. The van der Waals surface area contributed by atoms with Crippen molar-refractivity contribution in [3.05, 3.63) is 6.33 Å². The molecule has 1 amide bonds. The number of nitrogen functional groups attached to an aromatic ring is 1. The van der Waals surface area contributed by atoms with Gasteiger partial charge in [0.1, 0.15) is 12.9 Å². The Labute approximate surface area is 93.6 Å². The molecule has 0 aromatic carbocycles. The minimum atomic E-state index is -0.0909. The van der Waals surface area contributed by atoms with E-state index >= 15 is 0 Å². The molecule has 3 N–H and O–H groups in total. The number of nitrogens with one attached hydrogen (secondary N) is 1. The third-order valence-electron chi connectivity index (χ3n) is 2.50. The zero-order valence-corrected chi connectivity index (χ0v) is 9.09. The van der Waals surface area contributed by atoms with E-state index in [-0.39, 0.29) is 18.4 Å². The molecule has 0 spiro atoms. The highest BCUT2D eigenvalue weighted by Gasteiger charge is 2.13. The van der Waals surface area contributed by atoms with Crippen molar-refractivity contribution in [1.82, 2.24) is 25.2 Å². The molecule has 0 radical (unpaired) electrons. The molecule has 0 unspecified atom stereocenters. The van der Waals surface area contributed by atoms with Crippen molar-refractivity contribution in [2.45, 2.75) is 25.8 Å². The summed E-state index contributed by atoms with van der Waals surface area (Å²) in [4.78, 5) is 15.4. The quantitative estimate of drug-likeness (QED) is 0.714. The Morgan fingerprint density at radius 1 is 1.44 bits per heavy atom. The third kappa shape index (κ3) is 2.93. The lowest BCUT2D eigenvalue weighted by Gasteiger charge is -2.26. The second-order valence-corrected chi connectivity index (χ2v) is 3.88. The zero-order chi connectivity index (χ0) is 11.4. The number of aromatic nitrogens is 3. The summed E-state index contributed by atoms with van der Waals surface area (Å²) in [6, 6.07) is 0. The standard InChI is InChI=1S/C9H16N6O/c10-9-11-7-15(13-9)6-8(16)12-14-4-2-1-3-5-14/h7H,1-6H2,(H2,10,13)(H,12,16). The van der Waals surface area contributed by atoms with E-state index < -0.39 is 0 Å². The van der Waals surface area contributed by atoms with Gasteiger partial charge in [-0.2, -0.15) is 0 Å². The lowest BCUT2D eigenvalue weighted by Crippen LogP contribution is -2.46. The molecule has 2 rings (SSSR count). The van der Waals surface area contributed by atoms with Crippen LogP contribution in [0.1, 0.15) is 19.3 Å². The van der Waals surface area contributed by atoms with Crippen molar-refractivity contribution < 1.29 is 4.79 Å². The lowest BCUT2D eigenvalue weighted by atomic mass is 10.2. The van der Waals surface area contributed by atoms with E-state index in [2.05, 4.69) is 15.5 Å². The Bertz CT molecular complexity index is 357. The Balaban J connectivity index is 1.79. The Hall–Kier alpha value is -1.63. The van der Waals surface area contributed by atoms with Gasteiger partial charge in [-0.15, -0.1) is 5.10 Å². The second-order valence-electron chi connectivity index (χ2n) is 3.88. The smallest absolute Gasteiger partial charge is 0.256 e. The number of hydrazine groups is 1. The summed E-state index contributed by atoms with van der Waals surface area (Å²) in [7, 11) is 0. The highest BCUT2D eigenvalue weighted by Crippen LogP contribution is 2.05. The summed E-state index contributed by atoms with van der Waals surface area (Å²) >= 11 is 0. The number of piperidine rings is 1. The Morgan fingerprint density at radius 3 is 2.81 bits per heavy atom. The van der Waals surface area contributed by atoms with Crippen molar-refractivity contribution in [2.75, 3.05) is 18.8 Å². The van der Waals surface area contributed by atoms with E-state index in [0.29, 0.717) is 0 Å². The van der Waals surface area contributed by atoms with E-state index in [9.17, 15) is 4.79 Å². The first-order chi connectivity index (χ1) is 7.74. The van der Waals surface area contributed by atoms with Gasteiger partial charge in [0.2, 0.25) is 5.95 Å². The fourth-order valence-corrected chi connectivity index (χ4v) is 1.75. The van der Waals surface area contributed by atoms with Gasteiger partial charge < -0.3 is 5.73 Å². The summed E-state index contributed by atoms with van der Waals surface area (Å²) in [5.41, 5.74) is 8.19. The molecule has 0 saturated carbocycles. The summed E-state index contributed by atoms with van der Waals surface area (Å²) in [5, 5.41) is 5.80. The minimum absolute atomic E-state index is 0.0909. The van der Waals surface area contributed by atoms with E-state index in [0.717, 1.165) is 25.9 Å². The predicted molar refractivity (Wildman–Crippen MR) is 58.0 cm³/mol. The van der Waals surface area contributed by atoms with Crippen LogP contribution in [0.2, 0.25) is 0 Å². The van der Waals surface area contributed by atoms with Gasteiger partial charge in [-0.1, -0.05) is 6.42 Å². The molecule has 2 heterocycles.